The van der Waals surface area contributed by atoms with Crippen molar-refractivity contribution in [1.29, 1.82) is 0 Å². The molecule has 0 aliphatic heterocycles. The van der Waals surface area contributed by atoms with E-state index >= 15 is 0 Å². The number of hydrogen-bond donors (Lipinski definition) is 1. The highest BCUT2D eigenvalue weighted by Crippen LogP contribution is 2.36. The molecule has 1 aromatic carbocycles. The molecule has 0 bridgehead atoms. The van der Waals surface area contributed by atoms with E-state index in [0.29, 0.717) is 22.5 Å². The lowest BCUT2D eigenvalue weighted by molar-refractivity contribution is -0.121. The molecular formula is C21H25N3O2S. The summed E-state index contributed by atoms with van der Waals surface area (Å²) in [5.74, 6) is 0.0991. The molecule has 27 heavy (non-hydrogen) atoms. The molecule has 5 nitrogen and oxygen atoms in total. The predicted molar refractivity (Wildman–Crippen MR) is 111 cm³/mol. The average Bonchev–Trinajstić information content (AvgIpc) is 2.94. The van der Waals surface area contributed by atoms with Crippen LogP contribution in [0.25, 0.3) is 21.3 Å². The van der Waals surface area contributed by atoms with Gasteiger partial charge in [-0.3, -0.25) is 14.2 Å². The Labute approximate surface area is 162 Å². The Morgan fingerprint density at radius 2 is 1.85 bits per heavy atom. The third kappa shape index (κ3) is 3.30. The number of primary amides is 1. The first kappa shape index (κ1) is 19.3. The van der Waals surface area contributed by atoms with Crippen LogP contribution in [-0.2, 0) is 4.79 Å². The van der Waals surface area contributed by atoms with E-state index < -0.39 is 11.9 Å². The summed E-state index contributed by atoms with van der Waals surface area (Å²) in [7, 11) is 0. The normalized spacial score (nSPS) is 12.7. The summed E-state index contributed by atoms with van der Waals surface area (Å²) < 4.78 is 1.51. The number of nitrogens with two attached hydrogens (primary N) is 1. The zero-order valence-corrected chi connectivity index (χ0v) is 17.2. The smallest absolute Gasteiger partial charge is 0.263 e. The van der Waals surface area contributed by atoms with E-state index in [9.17, 15) is 9.59 Å². The average molecular weight is 384 g/mol. The first-order chi connectivity index (χ1) is 12.8. The maximum absolute atomic E-state index is 13.6. The van der Waals surface area contributed by atoms with Gasteiger partial charge in [-0.1, -0.05) is 50.6 Å². The van der Waals surface area contributed by atoms with Crippen molar-refractivity contribution in [2.24, 2.45) is 5.73 Å². The van der Waals surface area contributed by atoms with Crippen LogP contribution >= 0.6 is 11.3 Å². The molecule has 0 fully saturated rings. The summed E-state index contributed by atoms with van der Waals surface area (Å²) in [5, 5.41) is 0.574. The van der Waals surface area contributed by atoms with Crippen LogP contribution in [0.15, 0.2) is 29.1 Å². The monoisotopic (exact) mass is 383 g/mol. The van der Waals surface area contributed by atoms with Gasteiger partial charge in [0.15, 0.2) is 0 Å². The van der Waals surface area contributed by atoms with Gasteiger partial charge in [-0.15, -0.1) is 11.3 Å². The quantitative estimate of drug-likeness (QED) is 0.713. The van der Waals surface area contributed by atoms with Gasteiger partial charge in [0.2, 0.25) is 5.91 Å². The van der Waals surface area contributed by atoms with E-state index in [1.807, 2.05) is 58.9 Å². The fourth-order valence-corrected chi connectivity index (χ4v) is 4.52. The second-order valence-corrected chi connectivity index (χ2v) is 8.41. The topological polar surface area (TPSA) is 78.0 Å². The molecule has 1 atom stereocenters. The first-order valence-electron chi connectivity index (χ1n) is 9.18. The van der Waals surface area contributed by atoms with Crippen LogP contribution in [0.5, 0.6) is 0 Å². The molecule has 0 saturated carbocycles. The van der Waals surface area contributed by atoms with Gasteiger partial charge in [0.1, 0.15) is 16.7 Å². The van der Waals surface area contributed by atoms with Crippen molar-refractivity contribution in [2.45, 2.75) is 53.0 Å². The number of aromatic nitrogens is 2. The number of benzene rings is 1. The number of rotatable bonds is 5. The Morgan fingerprint density at radius 3 is 2.37 bits per heavy atom. The minimum Gasteiger partial charge on any atom is -0.368 e. The minimum atomic E-state index is -0.696. The number of hydrogen-bond acceptors (Lipinski definition) is 4. The number of carbonyl (C=O) groups is 1. The van der Waals surface area contributed by atoms with Crippen molar-refractivity contribution in [2.75, 3.05) is 0 Å². The minimum absolute atomic E-state index is 0.000677. The molecule has 3 aromatic rings. The molecule has 2 heterocycles. The highest BCUT2D eigenvalue weighted by molar-refractivity contribution is 7.19. The van der Waals surface area contributed by atoms with Crippen molar-refractivity contribution in [3.05, 3.63) is 50.9 Å². The van der Waals surface area contributed by atoms with Crippen molar-refractivity contribution in [1.82, 2.24) is 9.55 Å². The Morgan fingerprint density at radius 1 is 1.22 bits per heavy atom. The number of aryl methyl sites for hydroxylation is 2. The summed E-state index contributed by atoms with van der Waals surface area (Å²) >= 11 is 1.52. The predicted octanol–water partition coefficient (Wildman–Crippen LogP) is 4.30. The number of amides is 1. The molecule has 0 saturated heterocycles. The van der Waals surface area contributed by atoms with Gasteiger partial charge in [-0.05, 0) is 25.8 Å². The molecule has 1 unspecified atom stereocenters. The van der Waals surface area contributed by atoms with E-state index in [0.717, 1.165) is 21.6 Å². The van der Waals surface area contributed by atoms with Crippen LogP contribution in [0.3, 0.4) is 0 Å². The molecule has 3 rings (SSSR count). The highest BCUT2D eigenvalue weighted by Gasteiger charge is 2.26. The molecule has 0 radical (unpaired) electrons. The van der Waals surface area contributed by atoms with Crippen LogP contribution in [0, 0.1) is 13.8 Å². The fourth-order valence-electron chi connectivity index (χ4n) is 3.48. The molecule has 142 valence electrons. The summed E-state index contributed by atoms with van der Waals surface area (Å²) in [6, 6.07) is 7.42. The SMILES string of the molecule is CCC(C(N)=O)n1c(C(C)C)nc2sc(C)c(-c3ccc(C)cc3)c2c1=O. The van der Waals surface area contributed by atoms with Crippen molar-refractivity contribution in [3.8, 4) is 11.1 Å². The van der Waals surface area contributed by atoms with Crippen molar-refractivity contribution >= 4 is 27.5 Å². The fraction of sp³-hybridized carbons (Fsp3) is 0.381. The lowest BCUT2D eigenvalue weighted by Gasteiger charge is -2.21. The van der Waals surface area contributed by atoms with Gasteiger partial charge in [0.05, 0.1) is 5.39 Å². The molecule has 2 aromatic heterocycles. The lowest BCUT2D eigenvalue weighted by Crippen LogP contribution is -2.36. The first-order valence-corrected chi connectivity index (χ1v) is 9.99. The summed E-state index contributed by atoms with van der Waals surface area (Å²) in [6.45, 7) is 9.84. The largest absolute Gasteiger partial charge is 0.368 e. The summed E-state index contributed by atoms with van der Waals surface area (Å²) in [4.78, 5) is 32.1. The Bertz CT molecular complexity index is 1060. The van der Waals surface area contributed by atoms with Gasteiger partial charge in [0, 0.05) is 16.4 Å². The third-order valence-electron chi connectivity index (χ3n) is 4.84. The van der Waals surface area contributed by atoms with E-state index in [-0.39, 0.29) is 11.5 Å². The standard InChI is InChI=1S/C21H25N3O2S/c1-6-15(18(22)25)24-19(11(2)3)23-20-17(21(24)26)16(13(5)27-20)14-9-7-12(4)8-10-14/h7-11,15H,6H2,1-5H3,(H2,22,25). The van der Waals surface area contributed by atoms with Gasteiger partial charge in [-0.25, -0.2) is 4.98 Å². The van der Waals surface area contributed by atoms with Crippen LogP contribution < -0.4 is 11.3 Å². The molecule has 0 spiro atoms. The zero-order chi connectivity index (χ0) is 19.9. The molecule has 2 N–H and O–H groups in total. The van der Waals surface area contributed by atoms with Crippen LogP contribution in [0.4, 0.5) is 0 Å². The highest BCUT2D eigenvalue weighted by atomic mass is 32.1. The second-order valence-electron chi connectivity index (χ2n) is 7.21. The maximum Gasteiger partial charge on any atom is 0.263 e. The summed E-state index contributed by atoms with van der Waals surface area (Å²) in [6.07, 6.45) is 0.450. The molecule has 0 aliphatic carbocycles. The lowest BCUT2D eigenvalue weighted by atomic mass is 10.0. The number of carbonyl (C=O) groups excluding carboxylic acids is 1. The molecule has 1 amide bonds. The molecular weight excluding hydrogens is 358 g/mol. The van der Waals surface area contributed by atoms with E-state index in [1.54, 1.807) is 0 Å². The number of fused-ring (bicyclic) bond motifs is 1. The Kier molecular flexibility index (Phi) is 5.20. The summed E-state index contributed by atoms with van der Waals surface area (Å²) in [5.41, 5.74) is 8.47. The van der Waals surface area contributed by atoms with E-state index in [1.165, 1.54) is 15.9 Å². The molecule has 6 heteroatoms. The number of nitrogens with zero attached hydrogens (tertiary/aromatic N) is 2. The van der Waals surface area contributed by atoms with Crippen LogP contribution in [0.1, 0.15) is 55.4 Å². The Hall–Kier alpha value is -2.47. The van der Waals surface area contributed by atoms with E-state index in [2.05, 4.69) is 0 Å². The van der Waals surface area contributed by atoms with Crippen LogP contribution in [0.2, 0.25) is 0 Å². The van der Waals surface area contributed by atoms with Gasteiger partial charge < -0.3 is 5.73 Å². The second kappa shape index (κ2) is 7.27. The van der Waals surface area contributed by atoms with Gasteiger partial charge >= 0.3 is 0 Å². The van der Waals surface area contributed by atoms with E-state index in [4.69, 9.17) is 10.7 Å². The zero-order valence-electron chi connectivity index (χ0n) is 16.4. The van der Waals surface area contributed by atoms with Gasteiger partial charge in [0.25, 0.3) is 5.56 Å². The van der Waals surface area contributed by atoms with Gasteiger partial charge in [-0.2, -0.15) is 0 Å². The third-order valence-corrected chi connectivity index (χ3v) is 5.84. The Balaban J connectivity index is 2.42. The van der Waals surface area contributed by atoms with Crippen LogP contribution in [-0.4, -0.2) is 15.5 Å². The maximum atomic E-state index is 13.6. The molecule has 0 aliphatic rings. The number of thiophene rings is 1. The van der Waals surface area contributed by atoms with Crippen molar-refractivity contribution in [3.63, 3.8) is 0 Å². The van der Waals surface area contributed by atoms with Crippen molar-refractivity contribution < 1.29 is 4.79 Å².